The Kier molecular flexibility index (Phi) is 3.98. The van der Waals surface area contributed by atoms with Crippen LogP contribution in [0.1, 0.15) is 5.56 Å². The number of benzene rings is 1. The second-order valence-corrected chi connectivity index (χ2v) is 5.56. The number of fused-ring (bicyclic) bond motifs is 1. The molecule has 0 radical (unpaired) electrons. The van der Waals surface area contributed by atoms with Gasteiger partial charge in [0.25, 0.3) is 0 Å². The van der Waals surface area contributed by atoms with Gasteiger partial charge in [0.1, 0.15) is 10.4 Å². The van der Waals surface area contributed by atoms with Crippen molar-refractivity contribution in [2.75, 3.05) is 12.4 Å². The maximum Gasteiger partial charge on any atom is 0.180 e. The van der Waals surface area contributed by atoms with Crippen LogP contribution in [0, 0.1) is 0 Å². The van der Waals surface area contributed by atoms with Gasteiger partial charge in [-0.1, -0.05) is 17.7 Å². The van der Waals surface area contributed by atoms with Crippen molar-refractivity contribution in [3.63, 3.8) is 0 Å². The van der Waals surface area contributed by atoms with Crippen molar-refractivity contribution in [1.29, 1.82) is 0 Å². The number of nitrogens with zero attached hydrogens (tertiary/aromatic N) is 3. The number of ether oxygens (including phenoxy) is 1. The largest absolute Gasteiger partial charge is 0.496 e. The number of halogens is 2. The van der Waals surface area contributed by atoms with E-state index in [-0.39, 0.29) is 0 Å². The molecule has 0 aliphatic rings. The highest BCUT2D eigenvalue weighted by Crippen LogP contribution is 2.27. The van der Waals surface area contributed by atoms with Gasteiger partial charge in [0, 0.05) is 35.7 Å². The SMILES string of the molecule is COc1cccc(Cl)c1CNc1nc(Br)cn2ccnc12. The summed E-state index contributed by atoms with van der Waals surface area (Å²) in [6, 6.07) is 5.57. The van der Waals surface area contributed by atoms with E-state index < -0.39 is 0 Å². The van der Waals surface area contributed by atoms with E-state index >= 15 is 0 Å². The zero-order valence-corrected chi connectivity index (χ0v) is 13.5. The first-order valence-electron chi connectivity index (χ1n) is 6.23. The third kappa shape index (κ3) is 2.82. The molecule has 0 bridgehead atoms. The second-order valence-electron chi connectivity index (χ2n) is 4.34. The summed E-state index contributed by atoms with van der Waals surface area (Å²) < 4.78 is 7.95. The lowest BCUT2D eigenvalue weighted by Crippen LogP contribution is -2.06. The summed E-state index contributed by atoms with van der Waals surface area (Å²) in [6.45, 7) is 0.495. The monoisotopic (exact) mass is 366 g/mol. The number of rotatable bonds is 4. The Balaban J connectivity index is 1.92. The van der Waals surface area contributed by atoms with E-state index in [0.717, 1.165) is 21.6 Å². The number of anilines is 1. The van der Waals surface area contributed by atoms with Crippen LogP contribution < -0.4 is 10.1 Å². The van der Waals surface area contributed by atoms with Crippen LogP contribution in [-0.2, 0) is 6.54 Å². The first-order chi connectivity index (χ1) is 10.2. The van der Waals surface area contributed by atoms with Crippen LogP contribution in [0.3, 0.4) is 0 Å². The van der Waals surface area contributed by atoms with E-state index in [2.05, 4.69) is 31.2 Å². The standard InChI is InChI=1S/C14H12BrClN4O/c1-21-11-4-2-3-10(16)9(11)7-18-13-14-17-5-6-20(14)8-12(15)19-13/h2-6,8H,7H2,1H3,(H,18,19). The molecule has 0 saturated heterocycles. The molecule has 0 fully saturated rings. The van der Waals surface area contributed by atoms with Crippen molar-refractivity contribution >= 4 is 39.0 Å². The van der Waals surface area contributed by atoms with Crippen LogP contribution in [0.25, 0.3) is 5.65 Å². The number of hydrogen-bond donors (Lipinski definition) is 1. The molecule has 0 unspecified atom stereocenters. The molecule has 0 aliphatic heterocycles. The van der Waals surface area contributed by atoms with Crippen molar-refractivity contribution in [2.45, 2.75) is 6.54 Å². The predicted molar refractivity (Wildman–Crippen MR) is 86.0 cm³/mol. The van der Waals surface area contributed by atoms with Crippen molar-refractivity contribution in [3.8, 4) is 5.75 Å². The van der Waals surface area contributed by atoms with E-state index in [1.807, 2.05) is 35.0 Å². The Labute approximate surface area is 135 Å². The zero-order chi connectivity index (χ0) is 14.8. The summed E-state index contributed by atoms with van der Waals surface area (Å²) in [5.41, 5.74) is 1.64. The van der Waals surface area contributed by atoms with Crippen LogP contribution in [0.15, 0.2) is 41.4 Å². The highest BCUT2D eigenvalue weighted by Gasteiger charge is 2.10. The minimum absolute atomic E-state index is 0.495. The van der Waals surface area contributed by atoms with Gasteiger partial charge in [0.15, 0.2) is 11.5 Å². The van der Waals surface area contributed by atoms with Crippen LogP contribution in [0.2, 0.25) is 5.02 Å². The number of aromatic nitrogens is 3. The van der Waals surface area contributed by atoms with E-state index in [1.165, 1.54) is 0 Å². The minimum atomic E-state index is 0.495. The molecule has 3 aromatic rings. The fourth-order valence-electron chi connectivity index (χ4n) is 2.09. The second kappa shape index (κ2) is 5.91. The van der Waals surface area contributed by atoms with Gasteiger partial charge in [0.2, 0.25) is 0 Å². The summed E-state index contributed by atoms with van der Waals surface area (Å²) >= 11 is 9.62. The number of methoxy groups -OCH3 is 1. The lowest BCUT2D eigenvalue weighted by molar-refractivity contribution is 0.410. The van der Waals surface area contributed by atoms with Gasteiger partial charge in [-0.3, -0.25) is 0 Å². The summed E-state index contributed by atoms with van der Waals surface area (Å²) in [6.07, 6.45) is 5.44. The zero-order valence-electron chi connectivity index (χ0n) is 11.2. The van der Waals surface area contributed by atoms with Gasteiger partial charge >= 0.3 is 0 Å². The van der Waals surface area contributed by atoms with Gasteiger partial charge in [-0.2, -0.15) is 0 Å². The molecule has 108 valence electrons. The Morgan fingerprint density at radius 3 is 3.10 bits per heavy atom. The van der Waals surface area contributed by atoms with Crippen LogP contribution in [-0.4, -0.2) is 21.5 Å². The van der Waals surface area contributed by atoms with E-state index in [9.17, 15) is 0 Å². The van der Waals surface area contributed by atoms with Gasteiger partial charge in [0.05, 0.1) is 7.11 Å². The molecule has 0 spiro atoms. The molecule has 3 rings (SSSR count). The Morgan fingerprint density at radius 1 is 1.43 bits per heavy atom. The van der Waals surface area contributed by atoms with Gasteiger partial charge in [-0.25, -0.2) is 9.97 Å². The average molecular weight is 368 g/mol. The van der Waals surface area contributed by atoms with E-state index in [4.69, 9.17) is 16.3 Å². The van der Waals surface area contributed by atoms with Crippen molar-refractivity contribution in [2.24, 2.45) is 0 Å². The molecular formula is C14H12BrClN4O. The van der Waals surface area contributed by atoms with Crippen LogP contribution in [0.5, 0.6) is 5.75 Å². The highest BCUT2D eigenvalue weighted by molar-refractivity contribution is 9.10. The molecule has 5 nitrogen and oxygen atoms in total. The van der Waals surface area contributed by atoms with Gasteiger partial charge in [-0.15, -0.1) is 0 Å². The highest BCUT2D eigenvalue weighted by atomic mass is 79.9. The molecule has 1 N–H and O–H groups in total. The van der Waals surface area contributed by atoms with Crippen molar-refractivity contribution in [1.82, 2.24) is 14.4 Å². The van der Waals surface area contributed by atoms with Crippen molar-refractivity contribution in [3.05, 3.63) is 52.0 Å². The average Bonchev–Trinajstić information content (AvgIpc) is 2.93. The molecule has 0 saturated carbocycles. The molecule has 21 heavy (non-hydrogen) atoms. The summed E-state index contributed by atoms with van der Waals surface area (Å²) in [7, 11) is 1.62. The molecule has 0 aliphatic carbocycles. The number of hydrogen-bond acceptors (Lipinski definition) is 4. The third-order valence-corrected chi connectivity index (χ3v) is 3.81. The molecule has 2 aromatic heterocycles. The first-order valence-corrected chi connectivity index (χ1v) is 7.40. The molecular weight excluding hydrogens is 356 g/mol. The Bertz CT molecular complexity index is 790. The minimum Gasteiger partial charge on any atom is -0.496 e. The smallest absolute Gasteiger partial charge is 0.180 e. The molecule has 0 amide bonds. The maximum absolute atomic E-state index is 6.23. The quantitative estimate of drug-likeness (QED) is 0.763. The lowest BCUT2D eigenvalue weighted by Gasteiger charge is -2.12. The third-order valence-electron chi connectivity index (χ3n) is 3.07. The Morgan fingerprint density at radius 2 is 2.29 bits per heavy atom. The predicted octanol–water partition coefficient (Wildman–Crippen LogP) is 3.77. The maximum atomic E-state index is 6.23. The van der Waals surface area contributed by atoms with Gasteiger partial charge < -0.3 is 14.5 Å². The molecule has 0 atom stereocenters. The Hall–Kier alpha value is -1.79. The number of imidazole rings is 1. The summed E-state index contributed by atoms with van der Waals surface area (Å²) in [5.74, 6) is 1.42. The lowest BCUT2D eigenvalue weighted by atomic mass is 10.2. The van der Waals surface area contributed by atoms with E-state index in [0.29, 0.717) is 17.4 Å². The van der Waals surface area contributed by atoms with Crippen LogP contribution in [0.4, 0.5) is 5.82 Å². The van der Waals surface area contributed by atoms with Gasteiger partial charge in [-0.05, 0) is 28.1 Å². The van der Waals surface area contributed by atoms with E-state index in [1.54, 1.807) is 13.3 Å². The fraction of sp³-hybridized carbons (Fsp3) is 0.143. The summed E-state index contributed by atoms with van der Waals surface area (Å²) in [4.78, 5) is 8.70. The summed E-state index contributed by atoms with van der Waals surface area (Å²) in [5, 5.41) is 3.91. The normalized spacial score (nSPS) is 10.8. The fourth-order valence-corrected chi connectivity index (χ4v) is 2.72. The topological polar surface area (TPSA) is 51.5 Å². The number of nitrogens with one attached hydrogen (secondary N) is 1. The molecule has 7 heteroatoms. The molecule has 2 heterocycles. The first kappa shape index (κ1) is 14.2. The van der Waals surface area contributed by atoms with Crippen LogP contribution >= 0.6 is 27.5 Å². The van der Waals surface area contributed by atoms with Crippen molar-refractivity contribution < 1.29 is 4.74 Å². The molecule has 1 aromatic carbocycles.